The Hall–Kier alpha value is -3.23. The molecule has 0 unspecified atom stereocenters. The molecule has 1 aromatic heterocycles. The van der Waals surface area contributed by atoms with E-state index in [4.69, 9.17) is 5.41 Å². The summed E-state index contributed by atoms with van der Waals surface area (Å²) in [6.07, 6.45) is 0. The smallest absolute Gasteiger partial charge is 0.254 e. The normalized spacial score (nSPS) is 17.6. The highest BCUT2D eigenvalue weighted by Crippen LogP contribution is 2.35. The maximum Gasteiger partial charge on any atom is 0.254 e. The highest BCUT2D eigenvalue weighted by Gasteiger charge is 2.32. The zero-order chi connectivity index (χ0) is 22.2. The van der Waals surface area contributed by atoms with Crippen LogP contribution >= 0.6 is 11.3 Å². The van der Waals surface area contributed by atoms with E-state index in [1.165, 1.54) is 11.3 Å². The molecule has 0 radical (unpaired) electrons. The van der Waals surface area contributed by atoms with Crippen LogP contribution in [0.1, 0.15) is 22.3 Å². The van der Waals surface area contributed by atoms with Gasteiger partial charge in [0.1, 0.15) is 16.6 Å². The van der Waals surface area contributed by atoms with Crippen LogP contribution in [0.15, 0.2) is 54.3 Å². The van der Waals surface area contributed by atoms with Crippen LogP contribution in [-0.2, 0) is 0 Å². The number of amidine groups is 1. The van der Waals surface area contributed by atoms with Gasteiger partial charge in [-0.05, 0) is 36.9 Å². The van der Waals surface area contributed by atoms with Gasteiger partial charge >= 0.3 is 0 Å². The van der Waals surface area contributed by atoms with Crippen LogP contribution in [0.5, 0.6) is 0 Å². The van der Waals surface area contributed by atoms with E-state index >= 15 is 0 Å². The van der Waals surface area contributed by atoms with Gasteiger partial charge in [-0.1, -0.05) is 25.1 Å². The molecule has 0 atom stereocenters. The summed E-state index contributed by atoms with van der Waals surface area (Å²) in [4.78, 5) is 23.6. The van der Waals surface area contributed by atoms with Gasteiger partial charge in [-0.25, -0.2) is 4.98 Å². The first kappa shape index (κ1) is 20.7. The van der Waals surface area contributed by atoms with Gasteiger partial charge in [0.25, 0.3) is 5.91 Å². The second-order valence-electron chi connectivity index (χ2n) is 8.02. The summed E-state index contributed by atoms with van der Waals surface area (Å²) < 4.78 is 1.02. The molecule has 0 spiro atoms. The van der Waals surface area contributed by atoms with Gasteiger partial charge < -0.3 is 19.8 Å². The van der Waals surface area contributed by atoms with E-state index in [-0.39, 0.29) is 24.0 Å². The molecular formula is C24H25N5O2S. The predicted octanol–water partition coefficient (Wildman–Crippen LogP) is 3.84. The summed E-state index contributed by atoms with van der Waals surface area (Å²) in [5, 5.41) is 20.1. The van der Waals surface area contributed by atoms with Crippen LogP contribution < -0.4 is 4.90 Å². The molecule has 1 amide bonds. The summed E-state index contributed by atoms with van der Waals surface area (Å²) in [6, 6.07) is 15.1. The van der Waals surface area contributed by atoms with Crippen molar-refractivity contribution >= 4 is 44.6 Å². The molecule has 1 saturated heterocycles. The van der Waals surface area contributed by atoms with Crippen LogP contribution in [-0.4, -0.2) is 70.9 Å². The number of hydrogen-bond donors (Lipinski definition) is 2. The third-order valence-corrected chi connectivity index (χ3v) is 7.18. The third-order valence-electron chi connectivity index (χ3n) is 6.12. The van der Waals surface area contributed by atoms with Crippen LogP contribution in [0.2, 0.25) is 0 Å². The Kier molecular flexibility index (Phi) is 5.40. The van der Waals surface area contributed by atoms with E-state index in [0.29, 0.717) is 16.1 Å². The van der Waals surface area contributed by atoms with Crippen LogP contribution in [0.25, 0.3) is 15.8 Å². The number of rotatable bonds is 4. The molecule has 3 heterocycles. The van der Waals surface area contributed by atoms with Gasteiger partial charge in [-0.2, -0.15) is 0 Å². The molecule has 5 rings (SSSR count). The zero-order valence-electron chi connectivity index (χ0n) is 17.9. The lowest BCUT2D eigenvalue weighted by Gasteiger charge is -2.34. The number of aromatic nitrogens is 1. The first-order valence-corrected chi connectivity index (χ1v) is 11.6. The van der Waals surface area contributed by atoms with Gasteiger partial charge in [0.05, 0.1) is 22.3 Å². The average Bonchev–Trinajstić information content (AvgIpc) is 3.38. The predicted molar refractivity (Wildman–Crippen MR) is 129 cm³/mol. The average molecular weight is 448 g/mol. The topological polar surface area (TPSA) is 83.8 Å². The molecule has 7 nitrogen and oxygen atoms in total. The van der Waals surface area contributed by atoms with Gasteiger partial charge in [-0.3, -0.25) is 10.2 Å². The third kappa shape index (κ3) is 3.65. The second kappa shape index (κ2) is 8.37. The number of amides is 1. The van der Waals surface area contributed by atoms with Crippen molar-refractivity contribution in [2.75, 3.05) is 44.2 Å². The number of anilines is 1. The Bertz CT molecular complexity index is 1190. The van der Waals surface area contributed by atoms with E-state index in [0.717, 1.165) is 48.6 Å². The molecule has 1 fully saturated rings. The quantitative estimate of drug-likeness (QED) is 0.635. The van der Waals surface area contributed by atoms with Crippen molar-refractivity contribution in [3.8, 4) is 0 Å². The van der Waals surface area contributed by atoms with Gasteiger partial charge in [0.15, 0.2) is 0 Å². The molecule has 3 aromatic rings. The molecule has 32 heavy (non-hydrogen) atoms. The SMILES string of the molecule is CCN1CCN(C(=O)c2cccc(N3CC(O)=C(c4nc5ccccc5s4)C3=N)c2)CC1. The Morgan fingerprint density at radius 3 is 2.66 bits per heavy atom. The lowest BCUT2D eigenvalue weighted by molar-refractivity contribution is 0.0643. The van der Waals surface area contributed by atoms with Crippen LogP contribution in [0, 0.1) is 5.41 Å². The number of fused-ring (bicyclic) bond motifs is 1. The standard InChI is InChI=1S/C24H25N5O2S/c1-2-27-10-12-28(13-11-27)24(31)16-6-5-7-17(14-16)29-15-19(30)21(22(29)25)23-26-18-8-3-4-9-20(18)32-23/h3-9,14,25,30H,2,10-13,15H2,1H3. The number of nitrogens with one attached hydrogen (secondary N) is 1. The first-order valence-electron chi connectivity index (χ1n) is 10.8. The minimum absolute atomic E-state index is 0.0110. The fourth-order valence-corrected chi connectivity index (χ4v) is 5.29. The lowest BCUT2D eigenvalue weighted by Crippen LogP contribution is -2.48. The van der Waals surface area contributed by atoms with Gasteiger partial charge in [0.2, 0.25) is 0 Å². The minimum Gasteiger partial charge on any atom is -0.510 e. The molecule has 8 heteroatoms. The first-order chi connectivity index (χ1) is 15.5. The zero-order valence-corrected chi connectivity index (χ0v) is 18.7. The number of carbonyl (C=O) groups is 1. The Morgan fingerprint density at radius 1 is 1.12 bits per heavy atom. The van der Waals surface area contributed by atoms with E-state index < -0.39 is 0 Å². The second-order valence-corrected chi connectivity index (χ2v) is 9.05. The summed E-state index contributed by atoms with van der Waals surface area (Å²) in [6.45, 7) is 6.56. The molecule has 0 aliphatic carbocycles. The molecule has 2 aromatic carbocycles. The molecule has 2 N–H and O–H groups in total. The Labute approximate surface area is 190 Å². The number of nitrogens with zero attached hydrogens (tertiary/aromatic N) is 4. The molecule has 2 aliphatic rings. The summed E-state index contributed by atoms with van der Waals surface area (Å²) >= 11 is 1.47. The monoisotopic (exact) mass is 447 g/mol. The molecule has 2 aliphatic heterocycles. The number of thiazole rings is 1. The Morgan fingerprint density at radius 2 is 1.91 bits per heavy atom. The Balaban J connectivity index is 1.37. The van der Waals surface area contributed by atoms with Crippen molar-refractivity contribution in [3.05, 3.63) is 64.9 Å². The molecule has 0 saturated carbocycles. The van der Waals surface area contributed by atoms with Crippen LogP contribution in [0.4, 0.5) is 5.69 Å². The summed E-state index contributed by atoms with van der Waals surface area (Å²) in [5.74, 6) is 0.334. The van der Waals surface area contributed by atoms with Gasteiger partial charge in [-0.15, -0.1) is 11.3 Å². The number of benzene rings is 2. The highest BCUT2D eigenvalue weighted by molar-refractivity contribution is 7.19. The van der Waals surface area contributed by atoms with E-state index in [2.05, 4.69) is 16.8 Å². The maximum absolute atomic E-state index is 13.1. The number of aliphatic hydroxyl groups excluding tert-OH is 1. The largest absolute Gasteiger partial charge is 0.510 e. The van der Waals surface area contributed by atoms with E-state index in [1.807, 2.05) is 53.4 Å². The number of para-hydroxylation sites is 1. The van der Waals surface area contributed by atoms with Crippen molar-refractivity contribution in [1.82, 2.24) is 14.8 Å². The van der Waals surface area contributed by atoms with Gasteiger partial charge in [0, 0.05) is 37.4 Å². The van der Waals surface area contributed by atoms with Crippen molar-refractivity contribution in [3.63, 3.8) is 0 Å². The van der Waals surface area contributed by atoms with Crippen molar-refractivity contribution in [2.45, 2.75) is 6.92 Å². The van der Waals surface area contributed by atoms with Crippen molar-refractivity contribution in [1.29, 1.82) is 5.41 Å². The molecular weight excluding hydrogens is 422 g/mol. The van der Waals surface area contributed by atoms with Crippen molar-refractivity contribution < 1.29 is 9.90 Å². The number of piperazine rings is 1. The number of aliphatic hydroxyl groups is 1. The summed E-state index contributed by atoms with van der Waals surface area (Å²) in [5.41, 5.74) is 2.64. The van der Waals surface area contributed by atoms with E-state index in [9.17, 15) is 9.90 Å². The lowest BCUT2D eigenvalue weighted by atomic mass is 10.1. The van der Waals surface area contributed by atoms with Crippen LogP contribution in [0.3, 0.4) is 0 Å². The molecule has 0 bridgehead atoms. The number of likely N-dealkylation sites (N-methyl/N-ethyl adjacent to an activating group) is 1. The fraction of sp³-hybridized carbons (Fsp3) is 0.292. The van der Waals surface area contributed by atoms with Crippen molar-refractivity contribution in [2.24, 2.45) is 0 Å². The highest BCUT2D eigenvalue weighted by atomic mass is 32.1. The minimum atomic E-state index is 0.0110. The number of hydrogen-bond acceptors (Lipinski definition) is 6. The van der Waals surface area contributed by atoms with E-state index in [1.54, 1.807) is 4.90 Å². The molecule has 164 valence electrons. The number of carbonyl (C=O) groups excluding carboxylic acids is 1. The fourth-order valence-electron chi connectivity index (χ4n) is 4.26. The summed E-state index contributed by atoms with van der Waals surface area (Å²) in [7, 11) is 0. The maximum atomic E-state index is 13.1.